The Labute approximate surface area is 173 Å². The van der Waals surface area contributed by atoms with E-state index in [1.807, 2.05) is 12.1 Å². The molecule has 0 atom stereocenters. The fourth-order valence-electron chi connectivity index (χ4n) is 3.77. The molecule has 1 aliphatic heterocycles. The SMILES string of the molecule is Cn1c(=O)c(C#N)c(N2CCN(Cc3ccc(O)cc3)CC2)c2nc(Cl)ccc21. The first-order valence-corrected chi connectivity index (χ1v) is 9.70. The molecule has 1 fully saturated rings. The number of nitrogens with zero attached hydrogens (tertiary/aromatic N) is 5. The number of phenols is 1. The molecular formula is C21H20ClN5O2. The predicted octanol–water partition coefficient (Wildman–Crippen LogP) is 2.49. The first-order valence-electron chi connectivity index (χ1n) is 9.32. The fourth-order valence-corrected chi connectivity index (χ4v) is 3.92. The number of aryl methyl sites for hydroxylation is 1. The Kier molecular flexibility index (Phi) is 5.14. The smallest absolute Gasteiger partial charge is 0.270 e. The molecule has 7 nitrogen and oxygen atoms in total. The van der Waals surface area contributed by atoms with Gasteiger partial charge in [-0.2, -0.15) is 5.26 Å². The van der Waals surface area contributed by atoms with Gasteiger partial charge in [0.1, 0.15) is 28.1 Å². The van der Waals surface area contributed by atoms with Gasteiger partial charge < -0.3 is 14.6 Å². The van der Waals surface area contributed by atoms with Crippen LogP contribution in [-0.2, 0) is 13.6 Å². The van der Waals surface area contributed by atoms with Crippen LogP contribution in [-0.4, -0.2) is 45.7 Å². The Hall–Kier alpha value is -3.08. The third-order valence-electron chi connectivity index (χ3n) is 5.32. The molecule has 0 aliphatic carbocycles. The summed E-state index contributed by atoms with van der Waals surface area (Å²) >= 11 is 6.12. The normalized spacial score (nSPS) is 14.9. The van der Waals surface area contributed by atoms with Crippen LogP contribution in [0.2, 0.25) is 5.15 Å². The average Bonchev–Trinajstić information content (AvgIpc) is 2.73. The first-order chi connectivity index (χ1) is 14.0. The molecule has 29 heavy (non-hydrogen) atoms. The van der Waals surface area contributed by atoms with E-state index in [0.29, 0.717) is 35.0 Å². The highest BCUT2D eigenvalue weighted by atomic mass is 35.5. The van der Waals surface area contributed by atoms with Gasteiger partial charge >= 0.3 is 0 Å². The molecule has 0 unspecified atom stereocenters. The molecule has 1 aliphatic rings. The van der Waals surface area contributed by atoms with Crippen molar-refractivity contribution in [3.63, 3.8) is 0 Å². The van der Waals surface area contributed by atoms with Gasteiger partial charge in [-0.3, -0.25) is 9.69 Å². The Morgan fingerprint density at radius 1 is 1.14 bits per heavy atom. The highest BCUT2D eigenvalue weighted by Gasteiger charge is 2.25. The number of halogens is 1. The molecule has 0 saturated carbocycles. The quantitative estimate of drug-likeness (QED) is 0.669. The number of phenolic OH excluding ortho intramolecular Hbond substituents is 1. The topological polar surface area (TPSA) is 85.4 Å². The van der Waals surface area contributed by atoms with E-state index < -0.39 is 0 Å². The van der Waals surface area contributed by atoms with Crippen LogP contribution in [0.25, 0.3) is 11.0 Å². The van der Waals surface area contributed by atoms with E-state index in [-0.39, 0.29) is 16.9 Å². The third kappa shape index (κ3) is 3.65. The van der Waals surface area contributed by atoms with Crippen LogP contribution in [0.5, 0.6) is 5.75 Å². The van der Waals surface area contributed by atoms with Gasteiger partial charge in [0.2, 0.25) is 0 Å². The number of nitriles is 1. The molecule has 0 spiro atoms. The number of pyridine rings is 2. The Balaban J connectivity index is 1.63. The van der Waals surface area contributed by atoms with E-state index in [2.05, 4.69) is 20.9 Å². The Morgan fingerprint density at radius 2 is 1.83 bits per heavy atom. The highest BCUT2D eigenvalue weighted by molar-refractivity contribution is 6.29. The number of piperazine rings is 1. The number of hydrogen-bond acceptors (Lipinski definition) is 6. The van der Waals surface area contributed by atoms with Gasteiger partial charge in [-0.25, -0.2) is 4.98 Å². The lowest BCUT2D eigenvalue weighted by atomic mass is 10.1. The molecule has 1 N–H and O–H groups in total. The number of aromatic hydroxyl groups is 1. The second kappa shape index (κ2) is 7.74. The molecule has 0 amide bonds. The van der Waals surface area contributed by atoms with Crippen molar-refractivity contribution >= 4 is 28.3 Å². The number of fused-ring (bicyclic) bond motifs is 1. The lowest BCUT2D eigenvalue weighted by molar-refractivity contribution is 0.250. The Bertz CT molecular complexity index is 1160. The van der Waals surface area contributed by atoms with Crippen molar-refractivity contribution in [2.75, 3.05) is 31.1 Å². The summed E-state index contributed by atoms with van der Waals surface area (Å²) < 4.78 is 1.45. The number of benzene rings is 1. The molecule has 3 aromatic rings. The Morgan fingerprint density at radius 3 is 2.48 bits per heavy atom. The second-order valence-corrected chi connectivity index (χ2v) is 7.52. The second-order valence-electron chi connectivity index (χ2n) is 7.13. The number of aromatic nitrogens is 2. The molecule has 1 aromatic carbocycles. The molecule has 1 saturated heterocycles. The zero-order chi connectivity index (χ0) is 20.5. The largest absolute Gasteiger partial charge is 0.508 e. The van der Waals surface area contributed by atoms with Crippen LogP contribution >= 0.6 is 11.6 Å². The minimum absolute atomic E-state index is 0.0988. The maximum atomic E-state index is 12.7. The van der Waals surface area contributed by atoms with Crippen molar-refractivity contribution < 1.29 is 5.11 Å². The standard InChI is InChI=1S/C21H20ClN5O2/c1-25-17-6-7-18(22)24-19(17)20(16(12-23)21(25)29)27-10-8-26(9-11-27)13-14-2-4-15(28)5-3-14/h2-7,28H,8-11,13H2,1H3. The van der Waals surface area contributed by atoms with E-state index in [4.69, 9.17) is 11.6 Å². The van der Waals surface area contributed by atoms with Crippen LogP contribution < -0.4 is 10.5 Å². The summed E-state index contributed by atoms with van der Waals surface area (Å²) in [4.78, 5) is 21.5. The van der Waals surface area contributed by atoms with Gasteiger partial charge in [0.25, 0.3) is 5.56 Å². The number of hydrogen-bond donors (Lipinski definition) is 1. The van der Waals surface area contributed by atoms with Gasteiger partial charge in [0.05, 0.1) is 11.2 Å². The summed E-state index contributed by atoms with van der Waals surface area (Å²) in [6, 6.07) is 12.7. The van der Waals surface area contributed by atoms with E-state index in [9.17, 15) is 15.2 Å². The fraction of sp³-hybridized carbons (Fsp3) is 0.286. The van der Waals surface area contributed by atoms with Crippen molar-refractivity contribution in [2.24, 2.45) is 7.05 Å². The summed E-state index contributed by atoms with van der Waals surface area (Å²) in [5, 5.41) is 19.4. The van der Waals surface area contributed by atoms with Crippen LogP contribution in [0, 0.1) is 11.3 Å². The molecular weight excluding hydrogens is 390 g/mol. The summed E-state index contributed by atoms with van der Waals surface area (Å²) in [7, 11) is 1.64. The zero-order valence-electron chi connectivity index (χ0n) is 16.0. The van der Waals surface area contributed by atoms with Gasteiger partial charge in [0.15, 0.2) is 0 Å². The average molecular weight is 410 g/mol. The molecule has 2 aromatic heterocycles. The van der Waals surface area contributed by atoms with Crippen molar-refractivity contribution in [1.29, 1.82) is 5.26 Å². The van der Waals surface area contributed by atoms with E-state index in [1.54, 1.807) is 31.3 Å². The maximum absolute atomic E-state index is 12.7. The van der Waals surface area contributed by atoms with Crippen LogP contribution in [0.15, 0.2) is 41.2 Å². The lowest BCUT2D eigenvalue weighted by Gasteiger charge is -2.36. The maximum Gasteiger partial charge on any atom is 0.270 e. The molecule has 8 heteroatoms. The van der Waals surface area contributed by atoms with Crippen molar-refractivity contribution in [1.82, 2.24) is 14.5 Å². The lowest BCUT2D eigenvalue weighted by Crippen LogP contribution is -2.47. The summed E-state index contributed by atoms with van der Waals surface area (Å²) in [5.41, 5.74) is 2.69. The summed E-state index contributed by atoms with van der Waals surface area (Å²) in [6.07, 6.45) is 0. The van der Waals surface area contributed by atoms with Gasteiger partial charge in [-0.05, 0) is 29.8 Å². The zero-order valence-corrected chi connectivity index (χ0v) is 16.7. The number of rotatable bonds is 3. The van der Waals surface area contributed by atoms with Crippen LogP contribution in [0.1, 0.15) is 11.1 Å². The van der Waals surface area contributed by atoms with Gasteiger partial charge in [0, 0.05) is 39.8 Å². The third-order valence-corrected chi connectivity index (χ3v) is 5.53. The minimum atomic E-state index is -0.328. The van der Waals surface area contributed by atoms with Crippen molar-refractivity contribution in [3.8, 4) is 11.8 Å². The van der Waals surface area contributed by atoms with E-state index >= 15 is 0 Å². The molecule has 3 heterocycles. The van der Waals surface area contributed by atoms with E-state index in [1.165, 1.54) is 4.57 Å². The summed E-state index contributed by atoms with van der Waals surface area (Å²) in [5.74, 6) is 0.256. The number of anilines is 1. The summed E-state index contributed by atoms with van der Waals surface area (Å²) in [6.45, 7) is 3.68. The van der Waals surface area contributed by atoms with E-state index in [0.717, 1.165) is 25.2 Å². The van der Waals surface area contributed by atoms with Gasteiger partial charge in [-0.1, -0.05) is 23.7 Å². The van der Waals surface area contributed by atoms with Crippen LogP contribution in [0.4, 0.5) is 5.69 Å². The molecule has 4 rings (SSSR count). The first kappa shape index (κ1) is 19.2. The van der Waals surface area contributed by atoms with Crippen molar-refractivity contribution in [3.05, 3.63) is 63.0 Å². The highest BCUT2D eigenvalue weighted by Crippen LogP contribution is 2.29. The van der Waals surface area contributed by atoms with Crippen molar-refractivity contribution in [2.45, 2.75) is 6.54 Å². The minimum Gasteiger partial charge on any atom is -0.508 e. The van der Waals surface area contributed by atoms with Gasteiger partial charge in [-0.15, -0.1) is 0 Å². The van der Waals surface area contributed by atoms with Crippen LogP contribution in [0.3, 0.4) is 0 Å². The molecule has 0 radical (unpaired) electrons. The molecule has 0 bridgehead atoms. The monoisotopic (exact) mass is 409 g/mol. The molecule has 148 valence electrons. The predicted molar refractivity (Wildman–Crippen MR) is 112 cm³/mol.